The number of amides is 1. The van der Waals surface area contributed by atoms with Crippen LogP contribution in [0.5, 0.6) is 0 Å². The highest BCUT2D eigenvalue weighted by molar-refractivity contribution is 5.94. The van der Waals surface area contributed by atoms with Crippen LogP contribution in [0.4, 0.5) is 5.82 Å². The molecule has 0 spiro atoms. The fourth-order valence-corrected chi connectivity index (χ4v) is 2.04. The molecule has 0 aliphatic carbocycles. The van der Waals surface area contributed by atoms with Gasteiger partial charge in [-0.25, -0.2) is 0 Å². The van der Waals surface area contributed by atoms with Gasteiger partial charge in [0.05, 0.1) is 18.9 Å². The Morgan fingerprint density at radius 3 is 2.78 bits per heavy atom. The Balaban J connectivity index is 1.95. The molecule has 0 saturated carbocycles. The summed E-state index contributed by atoms with van der Waals surface area (Å²) >= 11 is 0. The number of hydrogen-bond donors (Lipinski definition) is 2. The van der Waals surface area contributed by atoms with Crippen molar-refractivity contribution < 1.29 is 14.3 Å². The standard InChI is InChI=1S/C16H22N4O3/c1-4-22-9-10-23-12(3)16(21)18-15-11(2)14(19-20-15)13-5-7-17-8-6-13/h5-8,12H,4,9-10H2,1-3H3,(H2,18,19,20,21). The maximum atomic E-state index is 12.1. The third-order valence-corrected chi connectivity index (χ3v) is 3.39. The molecule has 0 aliphatic rings. The average molecular weight is 318 g/mol. The number of pyridine rings is 1. The molecule has 2 N–H and O–H groups in total. The summed E-state index contributed by atoms with van der Waals surface area (Å²) in [5.74, 6) is 0.263. The lowest BCUT2D eigenvalue weighted by atomic mass is 10.1. The van der Waals surface area contributed by atoms with Crippen LogP contribution >= 0.6 is 0 Å². The van der Waals surface area contributed by atoms with Crippen LogP contribution in [0.2, 0.25) is 0 Å². The molecule has 7 heteroatoms. The van der Waals surface area contributed by atoms with Crippen LogP contribution < -0.4 is 5.32 Å². The smallest absolute Gasteiger partial charge is 0.254 e. The fourth-order valence-electron chi connectivity index (χ4n) is 2.04. The molecule has 23 heavy (non-hydrogen) atoms. The van der Waals surface area contributed by atoms with Gasteiger partial charge in [-0.2, -0.15) is 5.10 Å². The van der Waals surface area contributed by atoms with E-state index in [1.807, 2.05) is 26.0 Å². The van der Waals surface area contributed by atoms with E-state index in [2.05, 4.69) is 20.5 Å². The number of nitrogens with one attached hydrogen (secondary N) is 2. The molecule has 1 unspecified atom stereocenters. The summed E-state index contributed by atoms with van der Waals surface area (Å²) in [5.41, 5.74) is 2.69. The molecule has 124 valence electrons. The Bertz CT molecular complexity index is 628. The lowest BCUT2D eigenvalue weighted by molar-refractivity contribution is -0.127. The number of nitrogens with zero attached hydrogens (tertiary/aromatic N) is 2. The number of ether oxygens (including phenoxy) is 2. The number of aromatic amines is 1. The van der Waals surface area contributed by atoms with Gasteiger partial charge in [0.2, 0.25) is 0 Å². The topological polar surface area (TPSA) is 89.1 Å². The van der Waals surface area contributed by atoms with Gasteiger partial charge in [0, 0.05) is 30.1 Å². The second-order valence-corrected chi connectivity index (χ2v) is 5.01. The van der Waals surface area contributed by atoms with E-state index in [-0.39, 0.29) is 5.91 Å². The van der Waals surface area contributed by atoms with E-state index in [0.717, 1.165) is 16.8 Å². The zero-order valence-electron chi connectivity index (χ0n) is 13.6. The molecule has 2 rings (SSSR count). The molecular weight excluding hydrogens is 296 g/mol. The first-order valence-electron chi connectivity index (χ1n) is 7.59. The van der Waals surface area contributed by atoms with Crippen molar-refractivity contribution in [3.8, 4) is 11.3 Å². The number of anilines is 1. The third-order valence-electron chi connectivity index (χ3n) is 3.39. The number of carbonyl (C=O) groups is 1. The van der Waals surface area contributed by atoms with Crippen molar-refractivity contribution >= 4 is 11.7 Å². The first-order chi connectivity index (χ1) is 11.1. The van der Waals surface area contributed by atoms with Crippen LogP contribution in [0.25, 0.3) is 11.3 Å². The summed E-state index contributed by atoms with van der Waals surface area (Å²) < 4.78 is 10.6. The van der Waals surface area contributed by atoms with Crippen molar-refractivity contribution in [1.82, 2.24) is 15.2 Å². The van der Waals surface area contributed by atoms with E-state index in [1.165, 1.54) is 0 Å². The highest BCUT2D eigenvalue weighted by atomic mass is 16.5. The molecule has 0 radical (unpaired) electrons. The van der Waals surface area contributed by atoms with E-state index in [4.69, 9.17) is 9.47 Å². The average Bonchev–Trinajstić information content (AvgIpc) is 2.93. The highest BCUT2D eigenvalue weighted by Gasteiger charge is 2.17. The van der Waals surface area contributed by atoms with Crippen molar-refractivity contribution in [2.75, 3.05) is 25.1 Å². The summed E-state index contributed by atoms with van der Waals surface area (Å²) in [6.07, 6.45) is 2.85. The molecule has 2 aromatic rings. The SMILES string of the molecule is CCOCCOC(C)C(=O)Nc1n[nH]c(-c2ccncc2)c1C. The molecule has 0 bridgehead atoms. The van der Waals surface area contributed by atoms with Crippen molar-refractivity contribution in [2.24, 2.45) is 0 Å². The Morgan fingerprint density at radius 1 is 1.35 bits per heavy atom. The molecule has 2 heterocycles. The van der Waals surface area contributed by atoms with Crippen LogP contribution in [0.3, 0.4) is 0 Å². The third kappa shape index (κ3) is 4.61. The second-order valence-electron chi connectivity index (χ2n) is 5.01. The van der Waals surface area contributed by atoms with Gasteiger partial charge in [-0.15, -0.1) is 0 Å². The Labute approximate surface area is 135 Å². The predicted octanol–water partition coefficient (Wildman–Crippen LogP) is 2.16. The molecule has 2 aromatic heterocycles. The summed E-state index contributed by atoms with van der Waals surface area (Å²) in [5, 5.41) is 9.89. The largest absolute Gasteiger partial charge is 0.379 e. The van der Waals surface area contributed by atoms with Gasteiger partial charge in [-0.3, -0.25) is 14.9 Å². The minimum absolute atomic E-state index is 0.239. The summed E-state index contributed by atoms with van der Waals surface area (Å²) in [6.45, 7) is 7.00. The van der Waals surface area contributed by atoms with Gasteiger partial charge in [-0.05, 0) is 32.9 Å². The molecule has 1 amide bonds. The molecular formula is C16H22N4O3. The molecule has 0 fully saturated rings. The molecule has 0 aromatic carbocycles. The zero-order valence-corrected chi connectivity index (χ0v) is 13.6. The molecule has 1 atom stereocenters. The first-order valence-corrected chi connectivity index (χ1v) is 7.59. The normalized spacial score (nSPS) is 12.1. The summed E-state index contributed by atoms with van der Waals surface area (Å²) in [6, 6.07) is 3.76. The van der Waals surface area contributed by atoms with Crippen LogP contribution in [-0.2, 0) is 14.3 Å². The van der Waals surface area contributed by atoms with Gasteiger partial charge < -0.3 is 14.8 Å². The van der Waals surface area contributed by atoms with Crippen LogP contribution in [-0.4, -0.2) is 47.0 Å². The number of carbonyl (C=O) groups excluding carboxylic acids is 1. The van der Waals surface area contributed by atoms with Crippen LogP contribution in [0.15, 0.2) is 24.5 Å². The van der Waals surface area contributed by atoms with E-state index in [1.54, 1.807) is 19.3 Å². The van der Waals surface area contributed by atoms with Gasteiger partial charge in [0.15, 0.2) is 5.82 Å². The Morgan fingerprint density at radius 2 is 2.09 bits per heavy atom. The van der Waals surface area contributed by atoms with Crippen molar-refractivity contribution in [2.45, 2.75) is 26.9 Å². The lowest BCUT2D eigenvalue weighted by Gasteiger charge is -2.12. The van der Waals surface area contributed by atoms with E-state index in [9.17, 15) is 4.79 Å². The highest BCUT2D eigenvalue weighted by Crippen LogP contribution is 2.25. The van der Waals surface area contributed by atoms with Gasteiger partial charge in [-0.1, -0.05) is 0 Å². The van der Waals surface area contributed by atoms with Gasteiger partial charge in [0.1, 0.15) is 6.10 Å². The molecule has 0 saturated heterocycles. The number of hydrogen-bond acceptors (Lipinski definition) is 5. The Kier molecular flexibility index (Phi) is 6.25. The molecule has 0 aliphatic heterocycles. The van der Waals surface area contributed by atoms with Crippen molar-refractivity contribution in [1.29, 1.82) is 0 Å². The number of aromatic nitrogens is 3. The van der Waals surface area contributed by atoms with Gasteiger partial charge >= 0.3 is 0 Å². The quantitative estimate of drug-likeness (QED) is 0.728. The summed E-state index contributed by atoms with van der Waals surface area (Å²) in [7, 11) is 0. The summed E-state index contributed by atoms with van der Waals surface area (Å²) in [4.78, 5) is 16.1. The van der Waals surface area contributed by atoms with E-state index < -0.39 is 6.10 Å². The van der Waals surface area contributed by atoms with Crippen molar-refractivity contribution in [3.63, 3.8) is 0 Å². The minimum Gasteiger partial charge on any atom is -0.379 e. The molecule has 7 nitrogen and oxygen atoms in total. The fraction of sp³-hybridized carbons (Fsp3) is 0.438. The number of rotatable bonds is 8. The van der Waals surface area contributed by atoms with Gasteiger partial charge in [0.25, 0.3) is 5.91 Å². The van der Waals surface area contributed by atoms with Crippen LogP contribution in [0.1, 0.15) is 19.4 Å². The monoisotopic (exact) mass is 318 g/mol. The van der Waals surface area contributed by atoms with E-state index >= 15 is 0 Å². The Hall–Kier alpha value is -2.25. The zero-order chi connectivity index (χ0) is 16.7. The minimum atomic E-state index is -0.573. The predicted molar refractivity (Wildman–Crippen MR) is 87.1 cm³/mol. The maximum absolute atomic E-state index is 12.1. The first kappa shape index (κ1) is 17.1. The van der Waals surface area contributed by atoms with Crippen molar-refractivity contribution in [3.05, 3.63) is 30.1 Å². The maximum Gasteiger partial charge on any atom is 0.254 e. The second kappa shape index (κ2) is 8.40. The van der Waals surface area contributed by atoms with Crippen LogP contribution in [0, 0.1) is 6.92 Å². The number of H-pyrrole nitrogens is 1. The van der Waals surface area contributed by atoms with E-state index in [0.29, 0.717) is 25.6 Å². The lowest BCUT2D eigenvalue weighted by Crippen LogP contribution is -2.29.